The van der Waals surface area contributed by atoms with Crippen molar-refractivity contribution in [2.45, 2.75) is 26.7 Å². The lowest BCUT2D eigenvalue weighted by molar-refractivity contribution is 0.202. The van der Waals surface area contributed by atoms with Crippen molar-refractivity contribution in [1.29, 1.82) is 0 Å². The van der Waals surface area contributed by atoms with Crippen LogP contribution in [0.25, 0.3) is 0 Å². The summed E-state index contributed by atoms with van der Waals surface area (Å²) >= 11 is 3.49. The largest absolute Gasteiger partial charge is 0.497 e. The Labute approximate surface area is 154 Å². The van der Waals surface area contributed by atoms with Gasteiger partial charge in [0.1, 0.15) is 5.75 Å². The molecule has 4 heteroatoms. The van der Waals surface area contributed by atoms with E-state index in [1.807, 2.05) is 26.0 Å². The summed E-state index contributed by atoms with van der Waals surface area (Å²) < 4.78 is 11.4. The molecule has 0 radical (unpaired) electrons. The SMILES string of the molecule is CC.COCCc1ccc(CCNc2cc(Br)cc(OC)c2)cc1. The summed E-state index contributed by atoms with van der Waals surface area (Å²) in [6.45, 7) is 5.66. The van der Waals surface area contributed by atoms with Gasteiger partial charge in [0, 0.05) is 29.9 Å². The van der Waals surface area contributed by atoms with Crippen LogP contribution in [0.4, 0.5) is 5.69 Å². The summed E-state index contributed by atoms with van der Waals surface area (Å²) in [5.74, 6) is 0.847. The van der Waals surface area contributed by atoms with Gasteiger partial charge >= 0.3 is 0 Å². The molecule has 0 saturated heterocycles. The van der Waals surface area contributed by atoms with Crippen molar-refractivity contribution in [2.24, 2.45) is 0 Å². The van der Waals surface area contributed by atoms with Crippen LogP contribution in [0.15, 0.2) is 46.9 Å². The van der Waals surface area contributed by atoms with E-state index in [0.717, 1.165) is 41.9 Å². The van der Waals surface area contributed by atoms with Crippen molar-refractivity contribution >= 4 is 21.6 Å². The number of halogens is 1. The van der Waals surface area contributed by atoms with Gasteiger partial charge in [-0.3, -0.25) is 0 Å². The number of methoxy groups -OCH3 is 2. The van der Waals surface area contributed by atoms with E-state index in [4.69, 9.17) is 9.47 Å². The summed E-state index contributed by atoms with van der Waals surface area (Å²) in [4.78, 5) is 0. The first kappa shape index (κ1) is 20.5. The van der Waals surface area contributed by atoms with Crippen LogP contribution in [0.3, 0.4) is 0 Å². The van der Waals surface area contributed by atoms with Gasteiger partial charge < -0.3 is 14.8 Å². The highest BCUT2D eigenvalue weighted by Gasteiger charge is 2.00. The van der Waals surface area contributed by atoms with E-state index in [-0.39, 0.29) is 0 Å². The predicted octanol–water partition coefficient (Wildman–Crippen LogP) is 5.33. The average molecular weight is 394 g/mol. The minimum Gasteiger partial charge on any atom is -0.497 e. The molecule has 0 saturated carbocycles. The van der Waals surface area contributed by atoms with Crippen molar-refractivity contribution in [1.82, 2.24) is 0 Å². The van der Waals surface area contributed by atoms with Gasteiger partial charge in [0.15, 0.2) is 0 Å². The average Bonchev–Trinajstić information content (AvgIpc) is 2.62. The van der Waals surface area contributed by atoms with Crippen LogP contribution in [0.1, 0.15) is 25.0 Å². The molecule has 0 aliphatic rings. The predicted molar refractivity (Wildman–Crippen MR) is 106 cm³/mol. The normalized spacial score (nSPS) is 9.88. The Morgan fingerprint density at radius 1 is 0.917 bits per heavy atom. The molecule has 0 fully saturated rings. The van der Waals surface area contributed by atoms with Gasteiger partial charge in [0.05, 0.1) is 13.7 Å². The molecule has 0 atom stereocenters. The third kappa shape index (κ3) is 7.37. The summed E-state index contributed by atoms with van der Waals surface area (Å²) in [5.41, 5.74) is 3.70. The highest BCUT2D eigenvalue weighted by atomic mass is 79.9. The van der Waals surface area contributed by atoms with Crippen molar-refractivity contribution in [2.75, 3.05) is 32.7 Å². The monoisotopic (exact) mass is 393 g/mol. The van der Waals surface area contributed by atoms with Crippen LogP contribution in [0.5, 0.6) is 5.75 Å². The van der Waals surface area contributed by atoms with Crippen LogP contribution >= 0.6 is 15.9 Å². The van der Waals surface area contributed by atoms with Gasteiger partial charge in [-0.2, -0.15) is 0 Å². The highest BCUT2D eigenvalue weighted by molar-refractivity contribution is 9.10. The Kier molecular flexibility index (Phi) is 10.2. The minimum atomic E-state index is 0.769. The summed E-state index contributed by atoms with van der Waals surface area (Å²) in [7, 11) is 3.41. The second-order valence-corrected chi connectivity index (χ2v) is 6.03. The molecule has 0 bridgehead atoms. The second kappa shape index (κ2) is 11.9. The molecule has 132 valence electrons. The smallest absolute Gasteiger partial charge is 0.122 e. The van der Waals surface area contributed by atoms with Crippen LogP contribution in [0, 0.1) is 0 Å². The second-order valence-electron chi connectivity index (χ2n) is 5.12. The number of hydrogen-bond acceptors (Lipinski definition) is 3. The molecule has 0 aliphatic heterocycles. The zero-order chi connectivity index (χ0) is 17.8. The van der Waals surface area contributed by atoms with Gasteiger partial charge in [-0.1, -0.05) is 54.0 Å². The lowest BCUT2D eigenvalue weighted by Crippen LogP contribution is -2.05. The maximum atomic E-state index is 5.27. The third-order valence-corrected chi connectivity index (χ3v) is 3.93. The van der Waals surface area contributed by atoms with Crippen LogP contribution in [0.2, 0.25) is 0 Å². The summed E-state index contributed by atoms with van der Waals surface area (Å²) in [5, 5.41) is 3.43. The fourth-order valence-corrected chi connectivity index (χ4v) is 2.70. The maximum absolute atomic E-state index is 5.27. The van der Waals surface area contributed by atoms with Gasteiger partial charge in [0.25, 0.3) is 0 Å². The molecule has 2 rings (SSSR count). The van der Waals surface area contributed by atoms with E-state index < -0.39 is 0 Å². The fourth-order valence-electron chi connectivity index (χ4n) is 2.23. The van der Waals surface area contributed by atoms with E-state index in [1.54, 1.807) is 14.2 Å². The lowest BCUT2D eigenvalue weighted by atomic mass is 10.1. The van der Waals surface area contributed by atoms with E-state index in [1.165, 1.54) is 11.1 Å². The molecule has 0 unspecified atom stereocenters. The molecule has 0 aliphatic carbocycles. The molecule has 0 spiro atoms. The van der Waals surface area contributed by atoms with Crippen molar-refractivity contribution in [3.63, 3.8) is 0 Å². The van der Waals surface area contributed by atoms with Crippen molar-refractivity contribution in [3.8, 4) is 5.75 Å². The van der Waals surface area contributed by atoms with E-state index >= 15 is 0 Å². The number of nitrogens with one attached hydrogen (secondary N) is 1. The van der Waals surface area contributed by atoms with Crippen LogP contribution < -0.4 is 10.1 Å². The molecule has 0 aromatic heterocycles. The summed E-state index contributed by atoms with van der Waals surface area (Å²) in [6.07, 6.45) is 1.95. The molecule has 1 N–H and O–H groups in total. The number of rotatable bonds is 8. The first-order valence-electron chi connectivity index (χ1n) is 8.36. The van der Waals surface area contributed by atoms with Gasteiger partial charge in [0.2, 0.25) is 0 Å². The Balaban J connectivity index is 0.00000139. The number of anilines is 1. The molecular formula is C20H28BrNO2. The molecule has 0 amide bonds. The number of ether oxygens (including phenoxy) is 2. The molecular weight excluding hydrogens is 366 g/mol. The Hall–Kier alpha value is -1.52. The van der Waals surface area contributed by atoms with Gasteiger partial charge in [-0.25, -0.2) is 0 Å². The zero-order valence-corrected chi connectivity index (χ0v) is 16.7. The van der Waals surface area contributed by atoms with Crippen LogP contribution in [-0.2, 0) is 17.6 Å². The van der Waals surface area contributed by atoms with E-state index in [0.29, 0.717) is 0 Å². The lowest BCUT2D eigenvalue weighted by Gasteiger charge is -2.09. The van der Waals surface area contributed by atoms with Gasteiger partial charge in [-0.15, -0.1) is 0 Å². The Bertz CT molecular complexity index is 585. The first-order chi connectivity index (χ1) is 11.7. The van der Waals surface area contributed by atoms with Crippen molar-refractivity contribution < 1.29 is 9.47 Å². The molecule has 24 heavy (non-hydrogen) atoms. The van der Waals surface area contributed by atoms with Gasteiger partial charge in [-0.05, 0) is 36.1 Å². The zero-order valence-electron chi connectivity index (χ0n) is 15.1. The number of hydrogen-bond donors (Lipinski definition) is 1. The molecule has 0 heterocycles. The first-order valence-corrected chi connectivity index (χ1v) is 9.16. The highest BCUT2D eigenvalue weighted by Crippen LogP contribution is 2.24. The standard InChI is InChI=1S/C18H22BrNO2.C2H6/c1-21-10-8-15-5-3-14(4-6-15)7-9-20-17-11-16(19)12-18(13-17)22-2;1-2/h3-6,11-13,20H,7-10H2,1-2H3;1-2H3. The topological polar surface area (TPSA) is 30.5 Å². The summed E-state index contributed by atoms with van der Waals surface area (Å²) in [6, 6.07) is 14.7. The Morgan fingerprint density at radius 3 is 2.12 bits per heavy atom. The molecule has 2 aromatic rings. The quantitative estimate of drug-likeness (QED) is 0.657. The minimum absolute atomic E-state index is 0.769. The molecule has 3 nitrogen and oxygen atoms in total. The Morgan fingerprint density at radius 2 is 1.54 bits per heavy atom. The third-order valence-electron chi connectivity index (χ3n) is 3.47. The molecule has 2 aromatic carbocycles. The fraction of sp³-hybridized carbons (Fsp3) is 0.400. The number of benzene rings is 2. The van der Waals surface area contributed by atoms with Crippen LogP contribution in [-0.4, -0.2) is 27.4 Å². The van der Waals surface area contributed by atoms with E-state index in [9.17, 15) is 0 Å². The maximum Gasteiger partial charge on any atom is 0.122 e. The van der Waals surface area contributed by atoms with Crippen molar-refractivity contribution in [3.05, 3.63) is 58.1 Å². The van der Waals surface area contributed by atoms with E-state index in [2.05, 4.69) is 51.6 Å².